The first-order valence-corrected chi connectivity index (χ1v) is 8.07. The van der Waals surface area contributed by atoms with Crippen LogP contribution >= 0.6 is 0 Å². The van der Waals surface area contributed by atoms with Crippen molar-refractivity contribution >= 4 is 5.91 Å². The molecule has 2 rings (SSSR count). The van der Waals surface area contributed by atoms with Gasteiger partial charge in [0.05, 0.1) is 0 Å². The fraction of sp³-hybridized carbons (Fsp3) is 0.588. The zero-order valence-electron chi connectivity index (χ0n) is 13.7. The lowest BCUT2D eigenvalue weighted by Gasteiger charge is -2.36. The Bertz CT molecular complexity index is 528. The molecule has 1 N–H and O–H groups in total. The molecule has 0 aromatic heterocycles. The van der Waals surface area contributed by atoms with Gasteiger partial charge in [0.15, 0.2) is 6.10 Å². The van der Waals surface area contributed by atoms with Crippen LogP contribution in [0.5, 0.6) is 0 Å². The first-order valence-electron chi connectivity index (χ1n) is 8.07. The summed E-state index contributed by atoms with van der Waals surface area (Å²) in [5.41, 5.74) is 1.10. The summed E-state index contributed by atoms with van der Waals surface area (Å²) in [6, 6.07) is 9.75. The molecule has 0 spiro atoms. The molecule has 2 atom stereocenters. The van der Waals surface area contributed by atoms with Gasteiger partial charge in [-0.2, -0.15) is 13.2 Å². The predicted molar refractivity (Wildman–Crippen MR) is 84.6 cm³/mol. The Morgan fingerprint density at radius 1 is 1.17 bits per heavy atom. The normalized spacial score (nSPS) is 19.1. The molecule has 1 aliphatic heterocycles. The first-order chi connectivity index (χ1) is 11.3. The van der Waals surface area contributed by atoms with Crippen molar-refractivity contribution in [1.82, 2.24) is 9.80 Å². The highest BCUT2D eigenvalue weighted by atomic mass is 19.4. The second-order valence-corrected chi connectivity index (χ2v) is 6.25. The fourth-order valence-electron chi connectivity index (χ4n) is 2.82. The monoisotopic (exact) mass is 344 g/mol. The third-order valence-electron chi connectivity index (χ3n) is 4.38. The molecule has 4 nitrogen and oxygen atoms in total. The average molecular weight is 344 g/mol. The molecule has 134 valence electrons. The van der Waals surface area contributed by atoms with Crippen molar-refractivity contribution < 1.29 is 23.1 Å². The van der Waals surface area contributed by atoms with Gasteiger partial charge in [-0.05, 0) is 11.5 Å². The molecule has 0 saturated carbocycles. The van der Waals surface area contributed by atoms with Gasteiger partial charge in [0, 0.05) is 39.1 Å². The van der Waals surface area contributed by atoms with Crippen molar-refractivity contribution in [2.24, 2.45) is 0 Å². The van der Waals surface area contributed by atoms with E-state index in [4.69, 9.17) is 5.11 Å². The molecular formula is C17H23F3N2O2. The molecule has 1 aromatic carbocycles. The number of benzene rings is 1. The van der Waals surface area contributed by atoms with E-state index < -0.39 is 18.8 Å². The summed E-state index contributed by atoms with van der Waals surface area (Å²) in [5, 5.41) is 9.11. The highest BCUT2D eigenvalue weighted by Gasteiger charge is 2.39. The van der Waals surface area contributed by atoms with E-state index >= 15 is 0 Å². The number of halogens is 3. The van der Waals surface area contributed by atoms with Gasteiger partial charge in [-0.25, -0.2) is 0 Å². The quantitative estimate of drug-likeness (QED) is 0.891. The smallest absolute Gasteiger partial charge is 0.382 e. The van der Waals surface area contributed by atoms with Crippen LogP contribution in [-0.2, 0) is 4.79 Å². The lowest BCUT2D eigenvalue weighted by atomic mass is 9.97. The minimum atomic E-state index is -4.60. The lowest BCUT2D eigenvalue weighted by Crippen LogP contribution is -2.52. The number of alkyl halides is 3. The van der Waals surface area contributed by atoms with E-state index in [9.17, 15) is 18.0 Å². The Morgan fingerprint density at radius 3 is 2.29 bits per heavy atom. The van der Waals surface area contributed by atoms with Crippen LogP contribution in [-0.4, -0.2) is 65.8 Å². The second-order valence-electron chi connectivity index (χ2n) is 6.25. The molecule has 1 heterocycles. The molecule has 7 heteroatoms. The number of rotatable bonds is 5. The van der Waals surface area contributed by atoms with Crippen LogP contribution < -0.4 is 0 Å². The van der Waals surface area contributed by atoms with Crippen molar-refractivity contribution in [1.29, 1.82) is 0 Å². The van der Waals surface area contributed by atoms with Gasteiger partial charge >= 0.3 is 6.18 Å². The SMILES string of the molecule is C[C@@H](CC(=O)N1CCN(C[C@@H](O)C(F)(F)F)CC1)c1ccccc1. The molecule has 0 unspecified atom stereocenters. The standard InChI is InChI=1S/C17H23F3N2O2/c1-13(14-5-3-2-4-6-14)11-16(24)22-9-7-21(8-10-22)12-15(23)17(18,19)20/h2-6,13,15,23H,7-12H2,1H3/t13-,15+/m0/s1. The highest BCUT2D eigenvalue weighted by molar-refractivity contribution is 5.77. The number of aliphatic hydroxyl groups is 1. The Kier molecular flexibility index (Phi) is 6.23. The van der Waals surface area contributed by atoms with Crippen LogP contribution in [0, 0.1) is 0 Å². The van der Waals surface area contributed by atoms with Crippen LogP contribution in [0.2, 0.25) is 0 Å². The average Bonchev–Trinajstić information content (AvgIpc) is 2.55. The largest absolute Gasteiger partial charge is 0.415 e. The maximum Gasteiger partial charge on any atom is 0.415 e. The number of carbonyl (C=O) groups is 1. The zero-order chi connectivity index (χ0) is 17.7. The molecular weight excluding hydrogens is 321 g/mol. The van der Waals surface area contributed by atoms with E-state index in [0.29, 0.717) is 32.6 Å². The molecule has 0 bridgehead atoms. The molecule has 0 radical (unpaired) electrons. The maximum atomic E-state index is 12.4. The van der Waals surface area contributed by atoms with Gasteiger partial charge in [-0.1, -0.05) is 37.3 Å². The topological polar surface area (TPSA) is 43.8 Å². The van der Waals surface area contributed by atoms with Crippen LogP contribution in [0.3, 0.4) is 0 Å². The molecule has 1 aromatic rings. The third-order valence-corrected chi connectivity index (χ3v) is 4.38. The van der Waals surface area contributed by atoms with Gasteiger partial charge < -0.3 is 10.0 Å². The molecule has 1 aliphatic rings. The number of aliphatic hydroxyl groups excluding tert-OH is 1. The molecule has 1 saturated heterocycles. The van der Waals surface area contributed by atoms with Crippen LogP contribution in [0.25, 0.3) is 0 Å². The summed E-state index contributed by atoms with van der Waals surface area (Å²) >= 11 is 0. The summed E-state index contributed by atoms with van der Waals surface area (Å²) in [6.45, 7) is 3.03. The van der Waals surface area contributed by atoms with Crippen molar-refractivity contribution in [2.45, 2.75) is 31.5 Å². The fourth-order valence-corrected chi connectivity index (χ4v) is 2.82. The minimum Gasteiger partial charge on any atom is -0.382 e. The van der Waals surface area contributed by atoms with E-state index in [2.05, 4.69) is 0 Å². The Balaban J connectivity index is 1.78. The molecule has 24 heavy (non-hydrogen) atoms. The molecule has 1 amide bonds. The van der Waals surface area contributed by atoms with Gasteiger partial charge in [-0.3, -0.25) is 9.69 Å². The van der Waals surface area contributed by atoms with Crippen molar-refractivity contribution in [3.63, 3.8) is 0 Å². The minimum absolute atomic E-state index is 0.0161. The molecule has 1 fully saturated rings. The van der Waals surface area contributed by atoms with Crippen molar-refractivity contribution in [3.8, 4) is 0 Å². The molecule has 0 aliphatic carbocycles. The third kappa shape index (κ3) is 5.21. The Hall–Kier alpha value is -1.60. The van der Waals surface area contributed by atoms with Gasteiger partial charge in [0.2, 0.25) is 5.91 Å². The summed E-state index contributed by atoms with van der Waals surface area (Å²) in [4.78, 5) is 15.6. The van der Waals surface area contributed by atoms with E-state index in [1.807, 2.05) is 37.3 Å². The predicted octanol–water partition coefficient (Wildman–Crippen LogP) is 2.25. The van der Waals surface area contributed by atoms with Crippen molar-refractivity contribution in [3.05, 3.63) is 35.9 Å². The van der Waals surface area contributed by atoms with Crippen LogP contribution in [0.15, 0.2) is 30.3 Å². The summed E-state index contributed by atoms with van der Waals surface area (Å²) in [7, 11) is 0. The van der Waals surface area contributed by atoms with Gasteiger partial charge in [-0.15, -0.1) is 0 Å². The van der Waals surface area contributed by atoms with Crippen LogP contribution in [0.4, 0.5) is 13.2 Å². The van der Waals surface area contributed by atoms with E-state index in [1.165, 1.54) is 0 Å². The van der Waals surface area contributed by atoms with E-state index in [0.717, 1.165) is 5.56 Å². The van der Waals surface area contributed by atoms with Crippen LogP contribution in [0.1, 0.15) is 24.8 Å². The number of piperazine rings is 1. The summed E-state index contributed by atoms with van der Waals surface area (Å²) < 4.78 is 37.1. The maximum absolute atomic E-state index is 12.4. The van der Waals surface area contributed by atoms with E-state index in [-0.39, 0.29) is 11.8 Å². The number of β-amino-alcohol motifs (C(OH)–C–C–N with tert-alkyl or cyclic N) is 1. The number of amides is 1. The lowest BCUT2D eigenvalue weighted by molar-refractivity contribution is -0.209. The summed E-state index contributed by atoms with van der Waals surface area (Å²) in [6.07, 6.45) is -6.55. The number of nitrogens with zero attached hydrogens (tertiary/aromatic N) is 2. The van der Waals surface area contributed by atoms with Gasteiger partial charge in [0.25, 0.3) is 0 Å². The Morgan fingerprint density at radius 2 is 1.75 bits per heavy atom. The van der Waals surface area contributed by atoms with E-state index in [1.54, 1.807) is 9.80 Å². The van der Waals surface area contributed by atoms with Gasteiger partial charge in [0.1, 0.15) is 0 Å². The highest BCUT2D eigenvalue weighted by Crippen LogP contribution is 2.22. The summed E-state index contributed by atoms with van der Waals surface area (Å²) in [5.74, 6) is 0.117. The zero-order valence-corrected chi connectivity index (χ0v) is 13.7. The second kappa shape index (κ2) is 7.98. The van der Waals surface area contributed by atoms with Crippen molar-refractivity contribution in [2.75, 3.05) is 32.7 Å². The Labute approximate surface area is 139 Å². The first kappa shape index (κ1) is 18.7. The number of hydrogen-bond acceptors (Lipinski definition) is 3. The number of carbonyl (C=O) groups excluding carboxylic acids is 1. The number of hydrogen-bond donors (Lipinski definition) is 1.